The number of ether oxygens (including phenoxy) is 1. The number of carbonyl (C=O) groups excluding carboxylic acids is 1. The van der Waals surface area contributed by atoms with Gasteiger partial charge in [0.2, 0.25) is 15.9 Å². The topological polar surface area (TPSA) is 66.9 Å². The van der Waals surface area contributed by atoms with Gasteiger partial charge in [-0.25, -0.2) is 8.42 Å². The van der Waals surface area contributed by atoms with E-state index in [2.05, 4.69) is 6.07 Å². The lowest BCUT2D eigenvalue weighted by Gasteiger charge is -2.35. The molecule has 1 aromatic carbocycles. The highest BCUT2D eigenvalue weighted by molar-refractivity contribution is 7.89. The SMILES string of the molecule is CCS(=O)(=O)N1CCN(C(=O)[C@@H]2C[C@]23CCOc2ccccc23)CC1. The average Bonchev–Trinajstić information content (AvgIpc) is 3.36. The van der Waals surface area contributed by atoms with Crippen molar-refractivity contribution in [3.63, 3.8) is 0 Å². The molecule has 6 nitrogen and oxygen atoms in total. The molecular weight excluding hydrogens is 340 g/mol. The summed E-state index contributed by atoms with van der Waals surface area (Å²) >= 11 is 0. The first kappa shape index (κ1) is 16.8. The molecule has 7 heteroatoms. The maximum absolute atomic E-state index is 13.0. The minimum Gasteiger partial charge on any atom is -0.493 e. The zero-order valence-electron chi connectivity index (χ0n) is 14.5. The summed E-state index contributed by atoms with van der Waals surface area (Å²) < 4.78 is 31.2. The number of nitrogens with zero attached hydrogens (tertiary/aromatic N) is 2. The highest BCUT2D eigenvalue weighted by Gasteiger charge is 2.61. The molecule has 0 N–H and O–H groups in total. The summed E-state index contributed by atoms with van der Waals surface area (Å²) in [6.45, 7) is 4.10. The van der Waals surface area contributed by atoms with Gasteiger partial charge in [-0.2, -0.15) is 4.31 Å². The fourth-order valence-electron chi connectivity index (χ4n) is 4.27. The van der Waals surface area contributed by atoms with Gasteiger partial charge in [-0.1, -0.05) is 18.2 Å². The maximum Gasteiger partial charge on any atom is 0.226 e. The van der Waals surface area contributed by atoms with E-state index in [-0.39, 0.29) is 23.0 Å². The number of fused-ring (bicyclic) bond motifs is 2. The quantitative estimate of drug-likeness (QED) is 0.809. The number of rotatable bonds is 3. The Balaban J connectivity index is 1.45. The summed E-state index contributed by atoms with van der Waals surface area (Å²) in [5.74, 6) is 1.20. The van der Waals surface area contributed by atoms with Crippen LogP contribution in [0.2, 0.25) is 0 Å². The molecule has 136 valence electrons. The Bertz CT molecular complexity index is 786. The number of piperazine rings is 1. The molecule has 1 amide bonds. The molecule has 0 unspecified atom stereocenters. The number of hydrogen-bond acceptors (Lipinski definition) is 4. The predicted octanol–water partition coefficient (Wildman–Crippen LogP) is 1.22. The lowest BCUT2D eigenvalue weighted by atomic mass is 9.87. The van der Waals surface area contributed by atoms with Crippen molar-refractivity contribution < 1.29 is 17.9 Å². The van der Waals surface area contributed by atoms with Crippen molar-refractivity contribution >= 4 is 15.9 Å². The second-order valence-electron chi connectivity index (χ2n) is 7.13. The Morgan fingerprint density at radius 1 is 1.24 bits per heavy atom. The van der Waals surface area contributed by atoms with Crippen molar-refractivity contribution in [3.05, 3.63) is 29.8 Å². The van der Waals surface area contributed by atoms with Crippen molar-refractivity contribution in [1.82, 2.24) is 9.21 Å². The van der Waals surface area contributed by atoms with Crippen LogP contribution in [0.25, 0.3) is 0 Å². The van der Waals surface area contributed by atoms with Gasteiger partial charge in [0.25, 0.3) is 0 Å². The van der Waals surface area contributed by atoms with Crippen LogP contribution in [0.5, 0.6) is 5.75 Å². The molecule has 2 atom stereocenters. The Labute approximate surface area is 148 Å². The largest absolute Gasteiger partial charge is 0.493 e. The van der Waals surface area contributed by atoms with Gasteiger partial charge < -0.3 is 9.64 Å². The van der Waals surface area contributed by atoms with Crippen LogP contribution < -0.4 is 4.74 Å². The highest BCUT2D eigenvalue weighted by Crippen LogP contribution is 2.61. The first-order valence-corrected chi connectivity index (χ1v) is 10.6. The van der Waals surface area contributed by atoms with Gasteiger partial charge in [-0.15, -0.1) is 0 Å². The summed E-state index contributed by atoms with van der Waals surface area (Å²) in [6.07, 6.45) is 1.75. The lowest BCUT2D eigenvalue weighted by molar-refractivity contribution is -0.134. The van der Waals surface area contributed by atoms with Crippen molar-refractivity contribution in [3.8, 4) is 5.75 Å². The fraction of sp³-hybridized carbons (Fsp3) is 0.611. The summed E-state index contributed by atoms with van der Waals surface area (Å²) in [7, 11) is -3.16. The molecule has 1 saturated carbocycles. The van der Waals surface area contributed by atoms with E-state index in [0.29, 0.717) is 32.8 Å². The van der Waals surface area contributed by atoms with E-state index in [9.17, 15) is 13.2 Å². The molecule has 0 radical (unpaired) electrons. The Hall–Kier alpha value is -1.60. The van der Waals surface area contributed by atoms with E-state index >= 15 is 0 Å². The minimum atomic E-state index is -3.16. The molecule has 1 spiro atoms. The standard InChI is InChI=1S/C18H24N2O4S/c1-2-25(22,23)20-10-8-19(9-11-20)17(21)15-13-18(15)7-12-24-16-6-4-3-5-14(16)18/h3-6,15H,2,7-13H2,1H3/t15-,18-/m0/s1. The second-order valence-corrected chi connectivity index (χ2v) is 9.39. The predicted molar refractivity (Wildman–Crippen MR) is 94.0 cm³/mol. The van der Waals surface area contributed by atoms with E-state index in [1.54, 1.807) is 6.92 Å². The fourth-order valence-corrected chi connectivity index (χ4v) is 5.36. The van der Waals surface area contributed by atoms with Crippen LogP contribution in [0.15, 0.2) is 24.3 Å². The van der Waals surface area contributed by atoms with Crippen LogP contribution in [0.3, 0.4) is 0 Å². The zero-order chi connectivity index (χ0) is 17.7. The maximum atomic E-state index is 13.0. The summed E-state index contributed by atoms with van der Waals surface area (Å²) in [5, 5.41) is 0. The smallest absolute Gasteiger partial charge is 0.226 e. The molecule has 3 aliphatic rings. The molecule has 1 saturated heterocycles. The number of carbonyl (C=O) groups is 1. The average molecular weight is 364 g/mol. The van der Waals surface area contributed by atoms with E-state index in [0.717, 1.165) is 24.2 Å². The third-order valence-electron chi connectivity index (χ3n) is 5.91. The first-order chi connectivity index (χ1) is 12.0. The Kier molecular flexibility index (Phi) is 4.03. The third kappa shape index (κ3) is 2.73. The summed E-state index contributed by atoms with van der Waals surface area (Å²) in [6, 6.07) is 8.02. The number of amides is 1. The number of sulfonamides is 1. The van der Waals surface area contributed by atoms with Crippen LogP contribution in [0.4, 0.5) is 0 Å². The molecule has 4 rings (SSSR count). The van der Waals surface area contributed by atoms with Crippen molar-refractivity contribution in [2.24, 2.45) is 5.92 Å². The van der Waals surface area contributed by atoms with E-state index in [1.165, 1.54) is 4.31 Å². The van der Waals surface area contributed by atoms with Gasteiger partial charge in [0.1, 0.15) is 5.75 Å². The van der Waals surface area contributed by atoms with Crippen LogP contribution >= 0.6 is 0 Å². The van der Waals surface area contributed by atoms with Gasteiger partial charge in [-0.05, 0) is 25.8 Å². The number of benzene rings is 1. The summed E-state index contributed by atoms with van der Waals surface area (Å²) in [5.41, 5.74) is 1.09. The van der Waals surface area contributed by atoms with Crippen LogP contribution in [-0.4, -0.2) is 62.1 Å². The van der Waals surface area contributed by atoms with Gasteiger partial charge in [0.05, 0.1) is 12.4 Å². The number of para-hydroxylation sites is 1. The molecular formula is C18H24N2O4S. The lowest BCUT2D eigenvalue weighted by Crippen LogP contribution is -2.51. The van der Waals surface area contributed by atoms with Crippen LogP contribution in [0, 0.1) is 5.92 Å². The van der Waals surface area contributed by atoms with Gasteiger partial charge >= 0.3 is 0 Å². The molecule has 2 heterocycles. The highest BCUT2D eigenvalue weighted by atomic mass is 32.2. The summed E-state index contributed by atoms with van der Waals surface area (Å²) in [4.78, 5) is 14.8. The Morgan fingerprint density at radius 2 is 1.96 bits per heavy atom. The minimum absolute atomic E-state index is 0.00637. The van der Waals surface area contributed by atoms with E-state index in [1.807, 2.05) is 23.1 Å². The van der Waals surface area contributed by atoms with Crippen molar-refractivity contribution in [2.45, 2.75) is 25.2 Å². The molecule has 0 bridgehead atoms. The first-order valence-electron chi connectivity index (χ1n) is 8.97. The third-order valence-corrected chi connectivity index (χ3v) is 7.79. The van der Waals surface area contributed by atoms with Crippen LogP contribution in [0.1, 0.15) is 25.3 Å². The Morgan fingerprint density at radius 3 is 2.68 bits per heavy atom. The van der Waals surface area contributed by atoms with Gasteiger partial charge in [0, 0.05) is 43.1 Å². The molecule has 1 aliphatic carbocycles. The van der Waals surface area contributed by atoms with Crippen molar-refractivity contribution in [1.29, 1.82) is 0 Å². The normalized spacial score (nSPS) is 29.2. The zero-order valence-corrected chi connectivity index (χ0v) is 15.3. The molecule has 25 heavy (non-hydrogen) atoms. The molecule has 0 aromatic heterocycles. The molecule has 2 fully saturated rings. The van der Waals surface area contributed by atoms with Gasteiger partial charge in [0.15, 0.2) is 0 Å². The molecule has 2 aliphatic heterocycles. The second kappa shape index (κ2) is 5.99. The van der Waals surface area contributed by atoms with Crippen LogP contribution in [-0.2, 0) is 20.2 Å². The van der Waals surface area contributed by atoms with Crippen molar-refractivity contribution in [2.75, 3.05) is 38.5 Å². The monoisotopic (exact) mass is 364 g/mol. The molecule has 1 aromatic rings. The van der Waals surface area contributed by atoms with E-state index < -0.39 is 10.0 Å². The number of hydrogen-bond donors (Lipinski definition) is 0. The van der Waals surface area contributed by atoms with E-state index in [4.69, 9.17) is 4.74 Å². The van der Waals surface area contributed by atoms with Gasteiger partial charge in [-0.3, -0.25) is 4.79 Å².